The summed E-state index contributed by atoms with van der Waals surface area (Å²) in [7, 11) is 0. The lowest BCUT2D eigenvalue weighted by atomic mass is 9.91. The maximum atomic E-state index is 3.81. The third-order valence-electron chi connectivity index (χ3n) is 14.7. The van der Waals surface area contributed by atoms with Crippen molar-refractivity contribution in [3.63, 3.8) is 0 Å². The van der Waals surface area contributed by atoms with Gasteiger partial charge in [-0.2, -0.15) is 0 Å². The molecule has 0 aliphatic carbocycles. The van der Waals surface area contributed by atoms with Crippen LogP contribution in [0.5, 0.6) is 0 Å². The molecule has 0 fully saturated rings. The van der Waals surface area contributed by atoms with Gasteiger partial charge < -0.3 is 9.55 Å². The van der Waals surface area contributed by atoms with Crippen molar-refractivity contribution in [2.24, 2.45) is 0 Å². The van der Waals surface area contributed by atoms with Gasteiger partial charge in [0.05, 0.1) is 16.6 Å². The van der Waals surface area contributed by atoms with Crippen LogP contribution in [0.1, 0.15) is 0 Å². The topological polar surface area (TPSA) is 20.7 Å². The zero-order valence-electron chi connectivity index (χ0n) is 37.4. The Hall–Kier alpha value is -8.76. The number of hydrogen-bond donors (Lipinski definition) is 1. The molecule has 2 nitrogen and oxygen atoms in total. The summed E-state index contributed by atoms with van der Waals surface area (Å²) in [6.45, 7) is 0. The average Bonchev–Trinajstić information content (AvgIpc) is 4.09. The SMILES string of the molecule is c1ccc2cc3c(cc2c1)c1ccccc1n3-c1ccc(-c2cc(-c3ccc(-c4ccc5c(c4)cc(-c4ccc6sc7ccccc7c6c4)c4ccccc45)cc3)cc3c2[nH]c2ccccc23)cc1. The monoisotopic (exact) mass is 892 g/mol. The van der Waals surface area contributed by atoms with E-state index in [1.807, 2.05) is 11.3 Å². The minimum atomic E-state index is 1.14. The van der Waals surface area contributed by atoms with Crippen LogP contribution >= 0.6 is 11.3 Å². The smallest absolute Gasteiger partial charge is 0.0547 e. The van der Waals surface area contributed by atoms with Crippen molar-refractivity contribution in [3.8, 4) is 50.2 Å². The summed E-state index contributed by atoms with van der Waals surface area (Å²) in [6, 6.07) is 87.8. The van der Waals surface area contributed by atoms with Gasteiger partial charge >= 0.3 is 0 Å². The second-order valence-corrected chi connectivity index (χ2v) is 19.6. The largest absolute Gasteiger partial charge is 0.354 e. The Balaban J connectivity index is 0.820. The van der Waals surface area contributed by atoms with Gasteiger partial charge in [0.2, 0.25) is 0 Å². The molecule has 0 bridgehead atoms. The van der Waals surface area contributed by atoms with Gasteiger partial charge in [0.1, 0.15) is 0 Å². The molecule has 3 aromatic heterocycles. The molecule has 0 saturated carbocycles. The molecule has 15 rings (SSSR count). The van der Waals surface area contributed by atoms with E-state index in [4.69, 9.17) is 0 Å². The van der Waals surface area contributed by atoms with E-state index < -0.39 is 0 Å². The summed E-state index contributed by atoms with van der Waals surface area (Å²) in [5, 5.41) is 15.2. The molecule has 320 valence electrons. The second-order valence-electron chi connectivity index (χ2n) is 18.5. The molecule has 0 saturated heterocycles. The number of aromatic nitrogens is 2. The Morgan fingerprint density at radius 3 is 1.75 bits per heavy atom. The van der Waals surface area contributed by atoms with Gasteiger partial charge in [-0.05, 0) is 150 Å². The maximum Gasteiger partial charge on any atom is 0.0547 e. The lowest BCUT2D eigenvalue weighted by molar-refractivity contribution is 1.18. The molecule has 3 heterocycles. The maximum absolute atomic E-state index is 3.81. The number of hydrogen-bond acceptors (Lipinski definition) is 1. The van der Waals surface area contributed by atoms with Crippen molar-refractivity contribution in [2.75, 3.05) is 0 Å². The lowest BCUT2D eigenvalue weighted by Gasteiger charge is -2.13. The Bertz CT molecular complexity index is 4580. The van der Waals surface area contributed by atoms with Gasteiger partial charge in [-0.3, -0.25) is 0 Å². The predicted octanol–water partition coefficient (Wildman–Crippen LogP) is 18.9. The first-order valence-corrected chi connectivity index (χ1v) is 24.5. The minimum Gasteiger partial charge on any atom is -0.354 e. The number of thiophene rings is 1. The number of benzene rings is 12. The Morgan fingerprint density at radius 1 is 0.290 bits per heavy atom. The zero-order valence-corrected chi connectivity index (χ0v) is 38.2. The quantitative estimate of drug-likeness (QED) is 0.166. The van der Waals surface area contributed by atoms with Crippen molar-refractivity contribution in [1.29, 1.82) is 0 Å². The molecule has 0 unspecified atom stereocenters. The molecule has 0 atom stereocenters. The van der Waals surface area contributed by atoms with Crippen LogP contribution in [0.3, 0.4) is 0 Å². The van der Waals surface area contributed by atoms with Crippen LogP contribution in [0, 0.1) is 0 Å². The van der Waals surface area contributed by atoms with E-state index in [9.17, 15) is 0 Å². The van der Waals surface area contributed by atoms with Crippen LogP contribution < -0.4 is 0 Å². The fourth-order valence-electron chi connectivity index (χ4n) is 11.3. The van der Waals surface area contributed by atoms with E-state index in [1.54, 1.807) is 0 Å². The summed E-state index contributed by atoms with van der Waals surface area (Å²) in [5.41, 5.74) is 15.5. The molecular formula is C66H40N2S. The highest BCUT2D eigenvalue weighted by molar-refractivity contribution is 7.25. The van der Waals surface area contributed by atoms with Crippen molar-refractivity contribution in [1.82, 2.24) is 9.55 Å². The molecule has 69 heavy (non-hydrogen) atoms. The van der Waals surface area contributed by atoms with Crippen molar-refractivity contribution < 1.29 is 0 Å². The Morgan fingerprint density at radius 2 is 0.913 bits per heavy atom. The van der Waals surface area contributed by atoms with E-state index in [0.29, 0.717) is 0 Å². The molecule has 0 radical (unpaired) electrons. The summed E-state index contributed by atoms with van der Waals surface area (Å²) in [4.78, 5) is 3.81. The van der Waals surface area contributed by atoms with Crippen molar-refractivity contribution in [2.45, 2.75) is 0 Å². The molecule has 3 heteroatoms. The van der Waals surface area contributed by atoms with Gasteiger partial charge in [-0.25, -0.2) is 0 Å². The van der Waals surface area contributed by atoms with E-state index in [2.05, 4.69) is 246 Å². The highest BCUT2D eigenvalue weighted by Gasteiger charge is 2.17. The number of para-hydroxylation sites is 2. The van der Waals surface area contributed by atoms with Crippen LogP contribution in [-0.4, -0.2) is 9.55 Å². The summed E-state index contributed by atoms with van der Waals surface area (Å²) >= 11 is 1.87. The van der Waals surface area contributed by atoms with Gasteiger partial charge in [0, 0.05) is 58.5 Å². The van der Waals surface area contributed by atoms with E-state index >= 15 is 0 Å². The third-order valence-corrected chi connectivity index (χ3v) is 15.8. The number of nitrogens with zero attached hydrogens (tertiary/aromatic N) is 1. The van der Waals surface area contributed by atoms with E-state index in [-0.39, 0.29) is 0 Å². The van der Waals surface area contributed by atoms with Gasteiger partial charge in [-0.15, -0.1) is 11.3 Å². The molecule has 12 aromatic carbocycles. The number of H-pyrrole nitrogens is 1. The molecule has 15 aromatic rings. The van der Waals surface area contributed by atoms with Crippen molar-refractivity contribution >= 4 is 107 Å². The highest BCUT2D eigenvalue weighted by atomic mass is 32.1. The number of fused-ring (bicyclic) bond motifs is 13. The van der Waals surface area contributed by atoms with Gasteiger partial charge in [0.15, 0.2) is 0 Å². The number of nitrogens with one attached hydrogen (secondary N) is 1. The second kappa shape index (κ2) is 14.9. The fourth-order valence-corrected chi connectivity index (χ4v) is 12.4. The fraction of sp³-hybridized carbons (Fsp3) is 0. The number of aromatic amines is 1. The van der Waals surface area contributed by atoms with Gasteiger partial charge in [0.25, 0.3) is 0 Å². The Labute approximate surface area is 401 Å². The van der Waals surface area contributed by atoms with Crippen LogP contribution in [0.25, 0.3) is 146 Å². The standard InChI is InChI=1S/C66H40N2S/c1-2-12-44-39-63-58(34-43(44)11-1)54-16-6-9-19-62(54)68(63)49-29-25-42(26-30-49)57-36-47(37-60-53-15-5-8-18-61(53)67-66(57)60)41-23-21-40(22-24-41)45-27-31-50-48(33-45)38-56(52-14-4-3-13-51(50)52)46-28-32-65-59(35-46)55-17-7-10-20-64(55)69-65/h1-39,67H. The molecule has 0 spiro atoms. The first-order valence-electron chi connectivity index (χ1n) is 23.7. The Kier molecular flexibility index (Phi) is 8.27. The van der Waals surface area contributed by atoms with E-state index in [0.717, 1.165) is 16.7 Å². The predicted molar refractivity (Wildman–Crippen MR) is 297 cm³/mol. The first-order chi connectivity index (χ1) is 34.2. The molecular weight excluding hydrogens is 853 g/mol. The summed E-state index contributed by atoms with van der Waals surface area (Å²) < 4.78 is 5.08. The zero-order chi connectivity index (χ0) is 45.2. The minimum absolute atomic E-state index is 1.14. The highest BCUT2D eigenvalue weighted by Crippen LogP contribution is 2.43. The molecule has 1 N–H and O–H groups in total. The average molecular weight is 893 g/mol. The molecule has 0 amide bonds. The summed E-state index contributed by atoms with van der Waals surface area (Å²) in [5.74, 6) is 0. The van der Waals surface area contributed by atoms with Crippen LogP contribution in [-0.2, 0) is 0 Å². The molecule has 0 aliphatic heterocycles. The lowest BCUT2D eigenvalue weighted by Crippen LogP contribution is -1.94. The van der Waals surface area contributed by atoms with Crippen LogP contribution in [0.2, 0.25) is 0 Å². The summed E-state index contributed by atoms with van der Waals surface area (Å²) in [6.07, 6.45) is 0. The van der Waals surface area contributed by atoms with Crippen molar-refractivity contribution in [3.05, 3.63) is 237 Å². The van der Waals surface area contributed by atoms with Gasteiger partial charge in [-0.1, -0.05) is 158 Å². The number of rotatable bonds is 5. The normalized spacial score (nSPS) is 12.1. The third kappa shape index (κ3) is 5.97. The van der Waals surface area contributed by atoms with Crippen LogP contribution in [0.15, 0.2) is 237 Å². The van der Waals surface area contributed by atoms with Crippen LogP contribution in [0.4, 0.5) is 0 Å². The van der Waals surface area contributed by atoms with E-state index in [1.165, 1.54) is 130 Å². The first kappa shape index (κ1) is 38.4. The molecule has 0 aliphatic rings.